The average Bonchev–Trinajstić information content (AvgIpc) is 0.880. The van der Waals surface area contributed by atoms with Crippen LogP contribution in [0.5, 0.6) is 0 Å². The molecule has 4 amide bonds. The first-order valence-electron chi connectivity index (χ1n) is 42.2. The maximum Gasteiger partial charge on any atom is 0.305 e. The summed E-state index contributed by atoms with van der Waals surface area (Å²) >= 11 is 0. The maximum atomic E-state index is 14.3. The van der Waals surface area contributed by atoms with Crippen LogP contribution in [0, 0.1) is 0 Å². The normalized spacial score (nSPS) is 12.1. The van der Waals surface area contributed by atoms with Gasteiger partial charge in [0.2, 0.25) is 11.8 Å². The summed E-state index contributed by atoms with van der Waals surface area (Å²) in [5, 5.41) is 34.3. The van der Waals surface area contributed by atoms with Crippen molar-refractivity contribution in [3.63, 3.8) is 0 Å². The van der Waals surface area contributed by atoms with Crippen LogP contribution in [0.3, 0.4) is 0 Å². The summed E-state index contributed by atoms with van der Waals surface area (Å²) in [5.74, 6) is -4.15. The van der Waals surface area contributed by atoms with Crippen molar-refractivity contribution in [2.24, 2.45) is 10.2 Å². The quantitative estimate of drug-likeness (QED) is 0.0370. The van der Waals surface area contributed by atoms with Gasteiger partial charge in [0.15, 0.2) is 0 Å². The second-order valence-electron chi connectivity index (χ2n) is 29.6. The number of carboxylic acid groups (broad SMARTS) is 2. The first kappa shape index (κ1) is 90.9. The van der Waals surface area contributed by atoms with Gasteiger partial charge in [-0.1, -0.05) is 362 Å². The Morgan fingerprint density at radius 3 is 0.620 bits per heavy atom. The summed E-state index contributed by atoms with van der Waals surface area (Å²) < 4.78 is 0. The molecule has 2 aromatic rings. The number of carbonyl (C=O) groups excluding carboxylic acids is 4. The third kappa shape index (κ3) is 51.1. The Morgan fingerprint density at radius 1 is 0.280 bits per heavy atom. The largest absolute Gasteiger partial charge is 0.481 e. The fourth-order valence-electron chi connectivity index (χ4n) is 13.8. The molecule has 14 nitrogen and oxygen atoms in total. The van der Waals surface area contributed by atoms with Gasteiger partial charge in [-0.15, -0.1) is 0 Å². The van der Waals surface area contributed by atoms with Crippen molar-refractivity contribution >= 4 is 46.9 Å². The van der Waals surface area contributed by atoms with E-state index in [2.05, 4.69) is 48.6 Å². The second-order valence-corrected chi connectivity index (χ2v) is 29.6. The fourth-order valence-corrected chi connectivity index (χ4v) is 13.8. The Balaban J connectivity index is 2.05. The van der Waals surface area contributed by atoms with Crippen LogP contribution >= 0.6 is 0 Å². The molecule has 0 aliphatic carbocycles. The molecule has 0 fully saturated rings. The zero-order chi connectivity index (χ0) is 72.4. The van der Waals surface area contributed by atoms with Gasteiger partial charge in [0, 0.05) is 37.3 Å². The van der Waals surface area contributed by atoms with Crippen LogP contribution in [0.2, 0.25) is 0 Å². The second kappa shape index (κ2) is 65.9. The van der Waals surface area contributed by atoms with Gasteiger partial charge in [0.05, 0.1) is 24.2 Å². The molecule has 0 heterocycles. The highest BCUT2D eigenvalue weighted by Gasteiger charge is 2.30. The van der Waals surface area contributed by atoms with Crippen LogP contribution in [-0.4, -0.2) is 93.8 Å². The zero-order valence-corrected chi connectivity index (χ0v) is 64.7. The minimum Gasteiger partial charge on any atom is -0.481 e. The molecule has 0 saturated heterocycles. The van der Waals surface area contributed by atoms with Gasteiger partial charge < -0.3 is 30.6 Å². The lowest BCUT2D eigenvalue weighted by atomic mass is 10.0. The molecule has 0 aliphatic rings. The monoisotopic (exact) mass is 1400 g/mol. The highest BCUT2D eigenvalue weighted by Crippen LogP contribution is 2.23. The predicted molar refractivity (Wildman–Crippen MR) is 418 cm³/mol. The highest BCUT2D eigenvalue weighted by molar-refractivity contribution is 5.99. The Kier molecular flexibility index (Phi) is 59.9. The van der Waals surface area contributed by atoms with Gasteiger partial charge in [-0.2, -0.15) is 10.2 Å². The van der Waals surface area contributed by atoms with Crippen molar-refractivity contribution in [3.8, 4) is 0 Å². The molecular weight excluding hydrogens is 1240 g/mol. The zero-order valence-electron chi connectivity index (χ0n) is 64.7. The first-order chi connectivity index (χ1) is 48.9. The molecule has 0 aliphatic heterocycles. The number of carbonyl (C=O) groups is 6. The molecule has 2 atom stereocenters. The maximum absolute atomic E-state index is 14.3. The molecule has 0 radical (unpaired) electrons. The van der Waals surface area contributed by atoms with Gasteiger partial charge >= 0.3 is 11.9 Å². The number of unbranched alkanes of at least 4 members (excludes halogenated alkanes) is 52. The van der Waals surface area contributed by atoms with E-state index in [0.29, 0.717) is 37.6 Å². The standard InChI is InChI=1S/C86H150N6O8/c1-5-9-13-17-21-25-29-33-37-41-45-49-53-57-69-91(70-58-54-50-46-42-38-34-30-26-22-18-14-10-6-2)85(99)79(73-81(93)94)87-83(97)75-61-65-77(66-62-75)89-90-78-67-63-76(64-68-78)84(98)88-80(74-82(95)96)86(100)92(71-59-55-51-47-43-39-35-31-27-23-19-15-11-7-3)72-60-56-52-48-44-40-36-32-28-24-20-16-12-8-4/h61-68,79-80H,5-60,69-74H2,1-4H3,(H,87,97)(H,88,98)(H,93,94)(H,95,96)/t79-,80-/m0/s1. The number of nitrogens with one attached hydrogen (secondary N) is 2. The average molecular weight is 1400 g/mol. The molecule has 100 heavy (non-hydrogen) atoms. The van der Waals surface area contributed by atoms with Crippen molar-refractivity contribution in [2.75, 3.05) is 26.2 Å². The summed E-state index contributed by atoms with van der Waals surface area (Å²) in [6, 6.07) is 10.3. The van der Waals surface area contributed by atoms with Gasteiger partial charge in [-0.05, 0) is 74.2 Å². The molecule has 0 aromatic heterocycles. The van der Waals surface area contributed by atoms with E-state index in [4.69, 9.17) is 0 Å². The number of nitrogens with zero attached hydrogens (tertiary/aromatic N) is 4. The topological polar surface area (TPSA) is 198 Å². The molecule has 0 saturated carbocycles. The summed E-state index contributed by atoms with van der Waals surface area (Å²) in [5.41, 5.74) is 1.37. The van der Waals surface area contributed by atoms with E-state index in [1.54, 1.807) is 58.3 Å². The Labute approximate surface area is 611 Å². The van der Waals surface area contributed by atoms with Crippen LogP contribution in [0.25, 0.3) is 0 Å². The summed E-state index contributed by atoms with van der Waals surface area (Å²) in [7, 11) is 0. The molecule has 0 bridgehead atoms. The lowest BCUT2D eigenvalue weighted by Crippen LogP contribution is -2.50. The van der Waals surface area contributed by atoms with Gasteiger partial charge in [-0.3, -0.25) is 28.8 Å². The number of hydrogen-bond acceptors (Lipinski definition) is 8. The van der Waals surface area contributed by atoms with E-state index < -0.39 is 48.7 Å². The molecule has 0 spiro atoms. The lowest BCUT2D eigenvalue weighted by molar-refractivity contribution is -0.142. The highest BCUT2D eigenvalue weighted by atomic mass is 16.4. The van der Waals surface area contributed by atoms with Crippen molar-refractivity contribution in [1.29, 1.82) is 0 Å². The summed E-state index contributed by atoms with van der Waals surface area (Å²) in [6.07, 6.45) is 68.1. The van der Waals surface area contributed by atoms with Crippen molar-refractivity contribution in [1.82, 2.24) is 20.4 Å². The van der Waals surface area contributed by atoms with Crippen LogP contribution in [0.4, 0.5) is 11.4 Å². The van der Waals surface area contributed by atoms with E-state index in [1.165, 1.54) is 283 Å². The van der Waals surface area contributed by atoms with E-state index >= 15 is 0 Å². The number of azo groups is 1. The number of hydrogen-bond donors (Lipinski definition) is 4. The van der Waals surface area contributed by atoms with E-state index in [1.807, 2.05) is 0 Å². The van der Waals surface area contributed by atoms with Gasteiger partial charge in [0.25, 0.3) is 11.8 Å². The lowest BCUT2D eigenvalue weighted by Gasteiger charge is -2.27. The van der Waals surface area contributed by atoms with E-state index in [-0.39, 0.29) is 22.9 Å². The molecule has 2 rings (SSSR count). The van der Waals surface area contributed by atoms with Crippen LogP contribution in [0.15, 0.2) is 58.8 Å². The molecule has 0 unspecified atom stereocenters. The van der Waals surface area contributed by atoms with Gasteiger partial charge in [-0.25, -0.2) is 0 Å². The smallest absolute Gasteiger partial charge is 0.305 e. The fraction of sp³-hybridized carbons (Fsp3) is 0.791. The molecule has 14 heteroatoms. The predicted octanol–water partition coefficient (Wildman–Crippen LogP) is 24.8. The van der Waals surface area contributed by atoms with Crippen molar-refractivity contribution in [2.45, 2.75) is 412 Å². The SMILES string of the molecule is CCCCCCCCCCCCCCCCN(CCCCCCCCCCCCCCCC)C(=O)[C@H](CC(=O)O)NC(=O)c1ccc(N=Nc2ccc(C(=O)N[C@@H](CC(=O)O)C(=O)N(CCCCCCCCCCCCCCCC)CCCCCCCCCCCCCCCC)cc2)cc1. The van der Waals surface area contributed by atoms with Crippen molar-refractivity contribution in [3.05, 3.63) is 59.7 Å². The molecule has 572 valence electrons. The third-order valence-electron chi connectivity index (χ3n) is 20.3. The molecular formula is C86H150N6O8. The minimum absolute atomic E-state index is 0.246. The third-order valence-corrected chi connectivity index (χ3v) is 20.3. The number of benzene rings is 2. The minimum atomic E-state index is -1.22. The summed E-state index contributed by atoms with van der Waals surface area (Å²) in [6.45, 7) is 11.2. The number of aliphatic carboxylic acids is 2. The number of amides is 4. The van der Waals surface area contributed by atoms with Crippen LogP contribution < -0.4 is 10.6 Å². The summed E-state index contributed by atoms with van der Waals surface area (Å²) in [4.78, 5) is 84.3. The number of rotatable bonds is 72. The van der Waals surface area contributed by atoms with E-state index in [0.717, 1.165) is 77.0 Å². The molecule has 2 aromatic carbocycles. The van der Waals surface area contributed by atoms with Gasteiger partial charge in [0.1, 0.15) is 12.1 Å². The molecule has 4 N–H and O–H groups in total. The Morgan fingerprint density at radius 2 is 0.450 bits per heavy atom. The van der Waals surface area contributed by atoms with Crippen LogP contribution in [0.1, 0.15) is 421 Å². The Hall–Kier alpha value is -5.14. The van der Waals surface area contributed by atoms with E-state index in [9.17, 15) is 39.0 Å². The van der Waals surface area contributed by atoms with Crippen molar-refractivity contribution < 1.29 is 39.0 Å². The Bertz CT molecular complexity index is 2110. The van der Waals surface area contributed by atoms with Crippen LogP contribution in [-0.2, 0) is 19.2 Å². The number of carboxylic acids is 2. The first-order valence-corrected chi connectivity index (χ1v) is 42.2.